The molecule has 0 heterocycles. The second-order valence-corrected chi connectivity index (χ2v) is 11.4. The van der Waals surface area contributed by atoms with Gasteiger partial charge in [0.25, 0.3) is 0 Å². The average molecular weight is 491 g/mol. The van der Waals surface area contributed by atoms with Crippen LogP contribution in [-0.4, -0.2) is 35.5 Å². The van der Waals surface area contributed by atoms with Crippen LogP contribution in [0.25, 0.3) is 0 Å². The Morgan fingerprint density at radius 3 is 2.06 bits per heavy atom. The molecule has 1 aliphatic carbocycles. The number of Topliss-reactive ketones (excluding diaryl/α,β-unsaturated/α-hetero) is 1. The molecule has 0 bridgehead atoms. The Balaban J connectivity index is 3.10. The summed E-state index contributed by atoms with van der Waals surface area (Å²) in [6, 6.07) is -0.792. The summed E-state index contributed by atoms with van der Waals surface area (Å²) >= 11 is 0. The van der Waals surface area contributed by atoms with Crippen molar-refractivity contribution in [3.63, 3.8) is 0 Å². The highest BCUT2D eigenvalue weighted by atomic mass is 16.6. The van der Waals surface area contributed by atoms with Crippen LogP contribution in [0.3, 0.4) is 0 Å². The molecule has 2 N–H and O–H groups in total. The van der Waals surface area contributed by atoms with Gasteiger partial charge < -0.3 is 15.4 Å². The molecule has 4 atom stereocenters. The van der Waals surface area contributed by atoms with Gasteiger partial charge >= 0.3 is 6.09 Å². The molecule has 0 spiro atoms. The lowest BCUT2D eigenvalue weighted by Crippen LogP contribution is -2.47. The van der Waals surface area contributed by atoms with E-state index in [2.05, 4.69) is 37.6 Å². The summed E-state index contributed by atoms with van der Waals surface area (Å²) in [5.41, 5.74) is 0.715. The third kappa shape index (κ3) is 10.6. The molecule has 0 aliphatic heterocycles. The molecule has 0 aromatic carbocycles. The monoisotopic (exact) mass is 490 g/mol. The number of carbonyl (C=O) groups is 3. The number of nitrogens with one attached hydrogen (secondary N) is 2. The van der Waals surface area contributed by atoms with Crippen LogP contribution in [0, 0.1) is 17.8 Å². The number of alkyl carbamates (subject to hydrolysis) is 1. The van der Waals surface area contributed by atoms with Gasteiger partial charge in [-0.2, -0.15) is 0 Å². The average Bonchev–Trinajstić information content (AvgIpc) is 3.28. The van der Waals surface area contributed by atoms with E-state index in [1.807, 2.05) is 27.7 Å². The zero-order valence-electron chi connectivity index (χ0n) is 23.3. The van der Waals surface area contributed by atoms with Crippen LogP contribution >= 0.6 is 0 Å². The Hall–Kier alpha value is -2.11. The second-order valence-electron chi connectivity index (χ2n) is 11.4. The number of ketones is 1. The zero-order valence-corrected chi connectivity index (χ0v) is 23.3. The summed E-state index contributed by atoms with van der Waals surface area (Å²) in [5.74, 6) is -0.161. The fraction of sp³-hybridized carbons (Fsp3) is 0.759. The molecule has 0 aromatic rings. The number of hydrogen-bond donors (Lipinski definition) is 2. The fourth-order valence-corrected chi connectivity index (χ4v) is 5.03. The van der Waals surface area contributed by atoms with E-state index in [9.17, 15) is 14.4 Å². The topological polar surface area (TPSA) is 84.5 Å². The van der Waals surface area contributed by atoms with E-state index in [0.29, 0.717) is 18.4 Å². The van der Waals surface area contributed by atoms with Crippen LogP contribution in [0.1, 0.15) is 106 Å². The van der Waals surface area contributed by atoms with Crippen LogP contribution in [0.2, 0.25) is 0 Å². The van der Waals surface area contributed by atoms with E-state index in [4.69, 9.17) is 4.74 Å². The molecule has 1 saturated carbocycles. The number of ether oxygens (including phenoxy) is 1. The Labute approximate surface area is 213 Å². The molecule has 0 radical (unpaired) electrons. The Morgan fingerprint density at radius 1 is 1.00 bits per heavy atom. The van der Waals surface area contributed by atoms with Gasteiger partial charge in [0.2, 0.25) is 5.91 Å². The summed E-state index contributed by atoms with van der Waals surface area (Å²) in [6.07, 6.45) is 7.53. The normalized spacial score (nSPS) is 17.7. The summed E-state index contributed by atoms with van der Waals surface area (Å²) in [6.45, 7) is 21.5. The van der Waals surface area contributed by atoms with Crippen molar-refractivity contribution in [2.24, 2.45) is 17.8 Å². The molecule has 0 aromatic heterocycles. The lowest BCUT2D eigenvalue weighted by atomic mass is 9.80. The Kier molecular flexibility index (Phi) is 12.8. The summed E-state index contributed by atoms with van der Waals surface area (Å²) in [4.78, 5) is 38.8. The molecule has 35 heavy (non-hydrogen) atoms. The first-order valence-electron chi connectivity index (χ1n) is 13.5. The van der Waals surface area contributed by atoms with Gasteiger partial charge in [-0.05, 0) is 70.8 Å². The Bertz CT molecular complexity index is 746. The third-order valence-corrected chi connectivity index (χ3v) is 6.86. The lowest BCUT2D eigenvalue weighted by Gasteiger charge is -2.32. The first-order valence-corrected chi connectivity index (χ1v) is 13.5. The molecular formula is C29H50N2O4. The van der Waals surface area contributed by atoms with E-state index < -0.39 is 17.7 Å². The highest BCUT2D eigenvalue weighted by Gasteiger charge is 2.34. The third-order valence-electron chi connectivity index (χ3n) is 6.86. The van der Waals surface area contributed by atoms with Gasteiger partial charge in [-0.25, -0.2) is 4.79 Å². The van der Waals surface area contributed by atoms with Crippen molar-refractivity contribution in [3.05, 3.63) is 24.3 Å². The highest BCUT2D eigenvalue weighted by molar-refractivity contribution is 6.00. The van der Waals surface area contributed by atoms with Gasteiger partial charge in [-0.1, -0.05) is 71.6 Å². The standard InChI is InChI=1S/C29H50N2O4/c1-10-14-20(5)23(27(33)30-24(15-11-2)26(32)19(3)4)18-21(6)25(22-16-12-13-17-22)31-28(34)35-29(7,8)9/h20,22-25H,3,6,10-18H2,1-2,4-5,7-9H3,(H,30,33)(H,31,34). The van der Waals surface area contributed by atoms with Gasteiger partial charge in [0, 0.05) is 5.92 Å². The molecule has 2 amide bonds. The molecular weight excluding hydrogens is 440 g/mol. The molecule has 1 fully saturated rings. The maximum Gasteiger partial charge on any atom is 0.408 e. The fourth-order valence-electron chi connectivity index (χ4n) is 5.03. The molecule has 1 rings (SSSR count). The van der Waals surface area contributed by atoms with Crippen molar-refractivity contribution >= 4 is 17.8 Å². The van der Waals surface area contributed by atoms with Crippen LogP contribution < -0.4 is 10.6 Å². The smallest absolute Gasteiger partial charge is 0.408 e. The summed E-state index contributed by atoms with van der Waals surface area (Å²) < 4.78 is 5.53. The molecule has 6 nitrogen and oxygen atoms in total. The van der Waals surface area contributed by atoms with Crippen LogP contribution in [0.5, 0.6) is 0 Å². The van der Waals surface area contributed by atoms with Crippen molar-refractivity contribution in [2.75, 3.05) is 0 Å². The van der Waals surface area contributed by atoms with E-state index in [-0.39, 0.29) is 35.5 Å². The second kappa shape index (κ2) is 14.4. The maximum atomic E-state index is 13.5. The van der Waals surface area contributed by atoms with E-state index >= 15 is 0 Å². The minimum atomic E-state index is -0.589. The van der Waals surface area contributed by atoms with Gasteiger partial charge in [0.1, 0.15) is 5.60 Å². The first-order chi connectivity index (χ1) is 16.3. The highest BCUT2D eigenvalue weighted by Crippen LogP contribution is 2.34. The van der Waals surface area contributed by atoms with E-state index in [0.717, 1.165) is 50.5 Å². The van der Waals surface area contributed by atoms with E-state index in [1.165, 1.54) is 0 Å². The maximum absolute atomic E-state index is 13.5. The summed E-state index contributed by atoms with van der Waals surface area (Å²) in [7, 11) is 0. The number of amides is 2. The number of rotatable bonds is 14. The van der Waals surface area contributed by atoms with Crippen molar-refractivity contribution in [2.45, 2.75) is 124 Å². The zero-order chi connectivity index (χ0) is 26.8. The molecule has 200 valence electrons. The largest absolute Gasteiger partial charge is 0.444 e. The van der Waals surface area contributed by atoms with Crippen LogP contribution in [0.4, 0.5) is 4.79 Å². The number of hydrogen-bond acceptors (Lipinski definition) is 4. The van der Waals surface area contributed by atoms with Gasteiger partial charge in [-0.3, -0.25) is 9.59 Å². The van der Waals surface area contributed by atoms with Crippen molar-refractivity contribution in [3.8, 4) is 0 Å². The SMILES string of the molecule is C=C(C)C(=O)C(CCC)NC(=O)C(CC(=C)C(NC(=O)OC(C)(C)C)C1CCCC1)C(C)CCC. The first kappa shape index (κ1) is 30.9. The van der Waals surface area contributed by atoms with Crippen LogP contribution in [-0.2, 0) is 14.3 Å². The molecule has 6 heteroatoms. The minimum absolute atomic E-state index is 0.114. The predicted octanol–water partition coefficient (Wildman–Crippen LogP) is 6.50. The van der Waals surface area contributed by atoms with Gasteiger partial charge in [-0.15, -0.1) is 0 Å². The van der Waals surface area contributed by atoms with Gasteiger partial charge in [0.15, 0.2) is 5.78 Å². The number of carbonyl (C=O) groups excluding carboxylic acids is 3. The van der Waals surface area contributed by atoms with Crippen molar-refractivity contribution in [1.29, 1.82) is 0 Å². The Morgan fingerprint density at radius 2 is 1.57 bits per heavy atom. The van der Waals surface area contributed by atoms with Gasteiger partial charge in [0.05, 0.1) is 12.1 Å². The summed E-state index contributed by atoms with van der Waals surface area (Å²) in [5, 5.41) is 6.09. The predicted molar refractivity (Wildman–Crippen MR) is 143 cm³/mol. The molecule has 0 saturated heterocycles. The van der Waals surface area contributed by atoms with E-state index in [1.54, 1.807) is 6.92 Å². The minimum Gasteiger partial charge on any atom is -0.444 e. The lowest BCUT2D eigenvalue weighted by molar-refractivity contribution is -0.130. The van der Waals surface area contributed by atoms with Crippen molar-refractivity contribution in [1.82, 2.24) is 10.6 Å². The van der Waals surface area contributed by atoms with Crippen molar-refractivity contribution < 1.29 is 19.1 Å². The quantitative estimate of drug-likeness (QED) is 0.215. The van der Waals surface area contributed by atoms with Crippen LogP contribution in [0.15, 0.2) is 24.3 Å². The molecule has 4 unspecified atom stereocenters. The molecule has 1 aliphatic rings.